The summed E-state index contributed by atoms with van der Waals surface area (Å²) >= 11 is 0. The fourth-order valence-electron chi connectivity index (χ4n) is 2.71. The number of benzene rings is 1. The van der Waals surface area contributed by atoms with Gasteiger partial charge < -0.3 is 14.1 Å². The zero-order valence-corrected chi connectivity index (χ0v) is 14.1. The molecule has 0 aliphatic carbocycles. The number of aromatic amines is 1. The topological polar surface area (TPSA) is 85.4 Å². The molecule has 3 heterocycles. The van der Waals surface area contributed by atoms with Crippen LogP contribution in [-0.2, 0) is 0 Å². The van der Waals surface area contributed by atoms with Gasteiger partial charge in [-0.15, -0.1) is 0 Å². The number of rotatable bonds is 4. The normalized spacial score (nSPS) is 11.2. The minimum Gasteiger partial charge on any atom is -0.491 e. The number of halogens is 1. The minimum atomic E-state index is -0.459. The number of aryl methyl sites for hydroxylation is 1. The van der Waals surface area contributed by atoms with E-state index in [-0.39, 0.29) is 11.3 Å². The maximum absolute atomic E-state index is 13.8. The summed E-state index contributed by atoms with van der Waals surface area (Å²) in [6.07, 6.45) is 3.10. The number of nitrogens with zero attached hydrogens (tertiary/aromatic N) is 3. The van der Waals surface area contributed by atoms with Gasteiger partial charge in [-0.25, -0.2) is 9.37 Å². The SMILES string of the molecule is CCOc1cc(-c2cc(=O)n3ncc(-c4ncc(C)o4)c3[nH]2)ccc1F. The lowest BCUT2D eigenvalue weighted by Gasteiger charge is -2.08. The molecular formula is C18H15FN4O3. The molecule has 1 aromatic carbocycles. The number of nitrogens with one attached hydrogen (secondary N) is 1. The quantitative estimate of drug-likeness (QED) is 0.608. The molecule has 3 aromatic heterocycles. The molecule has 1 N–H and O–H groups in total. The van der Waals surface area contributed by atoms with Gasteiger partial charge in [-0.2, -0.15) is 9.61 Å². The molecule has 0 aliphatic rings. The summed E-state index contributed by atoms with van der Waals surface area (Å²) in [6.45, 7) is 3.90. The van der Waals surface area contributed by atoms with Crippen molar-refractivity contribution in [1.82, 2.24) is 19.6 Å². The van der Waals surface area contributed by atoms with Crippen LogP contribution >= 0.6 is 0 Å². The third kappa shape index (κ3) is 2.65. The number of fused-ring (bicyclic) bond motifs is 1. The Hall–Kier alpha value is -3.42. The van der Waals surface area contributed by atoms with Crippen molar-refractivity contribution in [2.24, 2.45) is 0 Å². The van der Waals surface area contributed by atoms with E-state index in [1.54, 1.807) is 32.2 Å². The Labute approximate surface area is 147 Å². The zero-order chi connectivity index (χ0) is 18.3. The van der Waals surface area contributed by atoms with E-state index in [1.165, 1.54) is 22.8 Å². The predicted molar refractivity (Wildman–Crippen MR) is 92.6 cm³/mol. The largest absolute Gasteiger partial charge is 0.491 e. The van der Waals surface area contributed by atoms with Gasteiger partial charge >= 0.3 is 0 Å². The number of ether oxygens (including phenoxy) is 1. The number of hydrogen-bond acceptors (Lipinski definition) is 5. The van der Waals surface area contributed by atoms with Gasteiger partial charge in [0.25, 0.3) is 5.56 Å². The lowest BCUT2D eigenvalue weighted by atomic mass is 10.1. The van der Waals surface area contributed by atoms with Crippen molar-refractivity contribution in [2.75, 3.05) is 6.61 Å². The van der Waals surface area contributed by atoms with E-state index in [2.05, 4.69) is 15.1 Å². The van der Waals surface area contributed by atoms with Crippen LogP contribution in [0.5, 0.6) is 5.75 Å². The van der Waals surface area contributed by atoms with E-state index >= 15 is 0 Å². The van der Waals surface area contributed by atoms with Crippen LogP contribution in [0.4, 0.5) is 4.39 Å². The average Bonchev–Trinajstić information content (AvgIpc) is 3.23. The second kappa shape index (κ2) is 6.14. The molecule has 0 aliphatic heterocycles. The van der Waals surface area contributed by atoms with Crippen molar-refractivity contribution in [3.8, 4) is 28.5 Å². The summed E-state index contributed by atoms with van der Waals surface area (Å²) in [6, 6.07) is 5.82. The van der Waals surface area contributed by atoms with Gasteiger partial charge in [0.2, 0.25) is 5.89 Å². The number of H-pyrrole nitrogens is 1. The van der Waals surface area contributed by atoms with Crippen molar-refractivity contribution < 1.29 is 13.5 Å². The summed E-state index contributed by atoms with van der Waals surface area (Å²) in [5.41, 5.74) is 1.80. The van der Waals surface area contributed by atoms with E-state index in [4.69, 9.17) is 9.15 Å². The number of hydrogen-bond donors (Lipinski definition) is 1. The first kappa shape index (κ1) is 16.1. The van der Waals surface area contributed by atoms with E-state index in [1.807, 2.05) is 0 Å². The van der Waals surface area contributed by atoms with Crippen molar-refractivity contribution in [3.05, 3.63) is 58.6 Å². The zero-order valence-electron chi connectivity index (χ0n) is 14.1. The molecule has 0 unspecified atom stereocenters. The van der Waals surface area contributed by atoms with Crippen LogP contribution < -0.4 is 10.3 Å². The lowest BCUT2D eigenvalue weighted by molar-refractivity contribution is 0.322. The first-order chi connectivity index (χ1) is 12.6. The highest BCUT2D eigenvalue weighted by Crippen LogP contribution is 2.27. The van der Waals surface area contributed by atoms with E-state index < -0.39 is 5.82 Å². The Morgan fingerprint density at radius 1 is 1.31 bits per heavy atom. The van der Waals surface area contributed by atoms with Crippen LogP contribution in [0.15, 0.2) is 45.9 Å². The van der Waals surface area contributed by atoms with Crippen molar-refractivity contribution >= 4 is 5.65 Å². The standard InChI is InChI=1S/C18H15FN4O3/c1-3-25-15-6-11(4-5-13(15)19)14-7-16(24)23-17(22-14)12(9-21-23)18-20-8-10(2)26-18/h4-9,22H,3H2,1-2H3. The molecule has 0 bridgehead atoms. The Morgan fingerprint density at radius 3 is 2.88 bits per heavy atom. The molecule has 0 saturated heterocycles. The lowest BCUT2D eigenvalue weighted by Crippen LogP contribution is -2.14. The molecule has 0 saturated carbocycles. The second-order valence-electron chi connectivity index (χ2n) is 5.69. The first-order valence-electron chi connectivity index (χ1n) is 8.03. The number of aromatic nitrogens is 4. The summed E-state index contributed by atoms with van der Waals surface area (Å²) in [5, 5.41) is 4.09. The van der Waals surface area contributed by atoms with Crippen LogP contribution in [0, 0.1) is 12.7 Å². The Kier molecular flexibility index (Phi) is 3.80. The van der Waals surface area contributed by atoms with Crippen LogP contribution in [-0.4, -0.2) is 26.2 Å². The van der Waals surface area contributed by atoms with Crippen LogP contribution in [0.1, 0.15) is 12.7 Å². The summed E-state index contributed by atoms with van der Waals surface area (Å²) in [5.74, 6) is 0.680. The molecule has 26 heavy (non-hydrogen) atoms. The third-order valence-electron chi connectivity index (χ3n) is 3.89. The van der Waals surface area contributed by atoms with E-state index in [0.717, 1.165) is 0 Å². The molecule has 0 radical (unpaired) electrons. The van der Waals surface area contributed by atoms with Crippen LogP contribution in [0.3, 0.4) is 0 Å². The highest BCUT2D eigenvalue weighted by Gasteiger charge is 2.16. The second-order valence-corrected chi connectivity index (χ2v) is 5.69. The molecule has 8 heteroatoms. The predicted octanol–water partition coefficient (Wildman–Crippen LogP) is 3.19. The summed E-state index contributed by atoms with van der Waals surface area (Å²) in [4.78, 5) is 19.8. The fourth-order valence-corrected chi connectivity index (χ4v) is 2.71. The first-order valence-corrected chi connectivity index (χ1v) is 8.03. The van der Waals surface area contributed by atoms with Crippen molar-refractivity contribution in [2.45, 2.75) is 13.8 Å². The average molecular weight is 354 g/mol. The van der Waals surface area contributed by atoms with Gasteiger partial charge in [0.1, 0.15) is 11.3 Å². The minimum absolute atomic E-state index is 0.128. The van der Waals surface area contributed by atoms with E-state index in [9.17, 15) is 9.18 Å². The molecule has 0 spiro atoms. The maximum Gasteiger partial charge on any atom is 0.274 e. The Balaban J connectivity index is 1.89. The fraction of sp³-hybridized carbons (Fsp3) is 0.167. The van der Waals surface area contributed by atoms with Gasteiger partial charge in [0, 0.05) is 11.6 Å². The highest BCUT2D eigenvalue weighted by atomic mass is 19.1. The molecule has 132 valence electrons. The van der Waals surface area contributed by atoms with Crippen molar-refractivity contribution in [3.63, 3.8) is 0 Å². The van der Waals surface area contributed by atoms with Crippen molar-refractivity contribution in [1.29, 1.82) is 0 Å². The van der Waals surface area contributed by atoms with Gasteiger partial charge in [0.05, 0.1) is 24.7 Å². The maximum atomic E-state index is 13.8. The van der Waals surface area contributed by atoms with Crippen LogP contribution in [0.2, 0.25) is 0 Å². The monoisotopic (exact) mass is 354 g/mol. The Morgan fingerprint density at radius 2 is 2.15 bits per heavy atom. The number of oxazole rings is 1. The van der Waals surface area contributed by atoms with Gasteiger partial charge in [-0.1, -0.05) is 0 Å². The smallest absolute Gasteiger partial charge is 0.274 e. The summed E-state index contributed by atoms with van der Waals surface area (Å²) in [7, 11) is 0. The van der Waals surface area contributed by atoms with Gasteiger partial charge in [-0.05, 0) is 32.0 Å². The Bertz CT molecular complexity index is 1160. The molecular weight excluding hydrogens is 339 g/mol. The molecule has 7 nitrogen and oxygen atoms in total. The molecule has 4 rings (SSSR count). The van der Waals surface area contributed by atoms with Gasteiger partial charge in [-0.3, -0.25) is 4.79 Å². The third-order valence-corrected chi connectivity index (χ3v) is 3.89. The molecule has 0 fully saturated rings. The van der Waals surface area contributed by atoms with Crippen LogP contribution in [0.25, 0.3) is 28.4 Å². The highest BCUT2D eigenvalue weighted by molar-refractivity contribution is 5.74. The molecule has 4 aromatic rings. The van der Waals surface area contributed by atoms with E-state index in [0.29, 0.717) is 40.7 Å². The molecule has 0 atom stereocenters. The molecule has 0 amide bonds. The van der Waals surface area contributed by atoms with Gasteiger partial charge in [0.15, 0.2) is 17.2 Å². The summed E-state index contributed by atoms with van der Waals surface area (Å²) < 4.78 is 25.9.